The fourth-order valence-corrected chi connectivity index (χ4v) is 3.20. The Bertz CT molecular complexity index is 300. The van der Waals surface area contributed by atoms with Crippen LogP contribution in [0.1, 0.15) is 40.0 Å². The summed E-state index contributed by atoms with van der Waals surface area (Å²) in [6.07, 6.45) is 3.12. The third kappa shape index (κ3) is 3.27. The number of carbonyl (C=O) groups is 1. The summed E-state index contributed by atoms with van der Waals surface area (Å²) in [5, 5.41) is 0.301. The van der Waals surface area contributed by atoms with Gasteiger partial charge in [-0.3, -0.25) is 0 Å². The molecule has 2 aliphatic rings. The van der Waals surface area contributed by atoms with E-state index >= 15 is 0 Å². The van der Waals surface area contributed by atoms with E-state index in [4.69, 9.17) is 16.3 Å². The molecule has 1 aliphatic carbocycles. The first-order chi connectivity index (χ1) is 7.85. The van der Waals surface area contributed by atoms with Gasteiger partial charge < -0.3 is 9.64 Å². The molecule has 3 atom stereocenters. The Balaban J connectivity index is 1.91. The van der Waals surface area contributed by atoms with E-state index in [9.17, 15) is 4.79 Å². The summed E-state index contributed by atoms with van der Waals surface area (Å²) in [5.41, 5.74) is -0.403. The van der Waals surface area contributed by atoms with Gasteiger partial charge in [0.15, 0.2) is 0 Å². The molecule has 1 heterocycles. The number of alkyl halides is 1. The minimum atomic E-state index is -0.403. The number of hydrogen-bond acceptors (Lipinski definition) is 2. The number of carbonyl (C=O) groups excluding carboxylic acids is 1. The third-order valence-corrected chi connectivity index (χ3v) is 4.03. The lowest BCUT2D eigenvalue weighted by Gasteiger charge is -2.26. The van der Waals surface area contributed by atoms with Crippen LogP contribution >= 0.6 is 11.6 Å². The normalized spacial score (nSPS) is 33.4. The summed E-state index contributed by atoms with van der Waals surface area (Å²) in [7, 11) is 0. The lowest BCUT2D eigenvalue weighted by molar-refractivity contribution is 0.0284. The predicted molar refractivity (Wildman–Crippen MR) is 68.3 cm³/mol. The van der Waals surface area contributed by atoms with Gasteiger partial charge in [0.2, 0.25) is 0 Å². The average molecular weight is 260 g/mol. The highest BCUT2D eigenvalue weighted by Gasteiger charge is 2.40. The van der Waals surface area contributed by atoms with Crippen molar-refractivity contribution in [2.45, 2.75) is 51.0 Å². The summed E-state index contributed by atoms with van der Waals surface area (Å²) in [4.78, 5) is 13.8. The maximum absolute atomic E-state index is 12.0. The molecular weight excluding hydrogens is 238 g/mol. The highest BCUT2D eigenvalue weighted by Crippen LogP contribution is 2.38. The molecule has 0 spiro atoms. The number of ether oxygens (including phenoxy) is 1. The largest absolute Gasteiger partial charge is 0.444 e. The zero-order valence-electron chi connectivity index (χ0n) is 10.9. The van der Waals surface area contributed by atoms with Gasteiger partial charge in [-0.1, -0.05) is 0 Å². The summed E-state index contributed by atoms with van der Waals surface area (Å²) < 4.78 is 5.41. The van der Waals surface area contributed by atoms with Gasteiger partial charge in [-0.25, -0.2) is 4.79 Å². The standard InChI is InChI=1S/C13H22ClNO2/c1-13(2,3)17-12(16)15-7-9-4-5-11(14)6-10(9)8-15/h9-11H,4-8H2,1-3H3. The summed E-state index contributed by atoms with van der Waals surface area (Å²) in [5.74, 6) is 1.22. The molecule has 0 radical (unpaired) electrons. The Hall–Kier alpha value is -0.440. The number of hydrogen-bond donors (Lipinski definition) is 0. The Kier molecular flexibility index (Phi) is 3.58. The van der Waals surface area contributed by atoms with Gasteiger partial charge in [-0.2, -0.15) is 0 Å². The molecule has 2 fully saturated rings. The molecule has 2 rings (SSSR count). The Morgan fingerprint density at radius 1 is 1.24 bits per heavy atom. The topological polar surface area (TPSA) is 29.5 Å². The van der Waals surface area contributed by atoms with Crippen LogP contribution in [0.15, 0.2) is 0 Å². The average Bonchev–Trinajstić information content (AvgIpc) is 2.57. The van der Waals surface area contributed by atoms with Crippen LogP contribution in [0.4, 0.5) is 4.79 Å². The van der Waals surface area contributed by atoms with E-state index in [1.54, 1.807) is 0 Å². The molecule has 1 aliphatic heterocycles. The van der Waals surface area contributed by atoms with Gasteiger partial charge in [-0.05, 0) is 51.9 Å². The van der Waals surface area contributed by atoms with Crippen molar-refractivity contribution in [1.82, 2.24) is 4.90 Å². The number of likely N-dealkylation sites (tertiary alicyclic amines) is 1. The molecule has 1 saturated carbocycles. The zero-order chi connectivity index (χ0) is 12.6. The Labute approximate surface area is 108 Å². The van der Waals surface area contributed by atoms with E-state index < -0.39 is 5.60 Å². The van der Waals surface area contributed by atoms with Gasteiger partial charge in [0.25, 0.3) is 0 Å². The van der Waals surface area contributed by atoms with Crippen LogP contribution in [0.3, 0.4) is 0 Å². The van der Waals surface area contributed by atoms with Gasteiger partial charge in [0.05, 0.1) is 0 Å². The maximum Gasteiger partial charge on any atom is 0.410 e. The van der Waals surface area contributed by atoms with Crippen molar-refractivity contribution >= 4 is 17.7 Å². The molecule has 0 aromatic heterocycles. The van der Waals surface area contributed by atoms with Crippen molar-refractivity contribution in [1.29, 1.82) is 0 Å². The summed E-state index contributed by atoms with van der Waals surface area (Å²) in [6, 6.07) is 0. The second-order valence-corrected chi connectivity index (χ2v) is 6.93. The van der Waals surface area contributed by atoms with E-state index in [1.807, 2.05) is 25.7 Å². The van der Waals surface area contributed by atoms with Crippen molar-refractivity contribution in [3.05, 3.63) is 0 Å². The first kappa shape index (κ1) is 13.0. The Morgan fingerprint density at radius 2 is 1.88 bits per heavy atom. The first-order valence-electron chi connectivity index (χ1n) is 6.47. The highest BCUT2D eigenvalue weighted by molar-refractivity contribution is 6.20. The van der Waals surface area contributed by atoms with Crippen molar-refractivity contribution in [2.75, 3.05) is 13.1 Å². The first-order valence-corrected chi connectivity index (χ1v) is 6.91. The predicted octanol–water partition coefficient (Wildman–Crippen LogP) is 3.26. The van der Waals surface area contributed by atoms with E-state index in [0.29, 0.717) is 17.2 Å². The minimum absolute atomic E-state index is 0.168. The molecule has 1 amide bonds. The lowest BCUT2D eigenvalue weighted by atomic mass is 9.82. The fraction of sp³-hybridized carbons (Fsp3) is 0.923. The van der Waals surface area contributed by atoms with E-state index in [1.165, 1.54) is 0 Å². The van der Waals surface area contributed by atoms with Crippen LogP contribution in [0, 0.1) is 11.8 Å². The van der Waals surface area contributed by atoms with Gasteiger partial charge >= 0.3 is 6.09 Å². The molecule has 0 bridgehead atoms. The maximum atomic E-state index is 12.0. The number of halogens is 1. The molecule has 4 heteroatoms. The highest BCUT2D eigenvalue weighted by atomic mass is 35.5. The van der Waals surface area contributed by atoms with Crippen LogP contribution in [0.2, 0.25) is 0 Å². The fourth-order valence-electron chi connectivity index (χ4n) is 2.85. The van der Waals surface area contributed by atoms with E-state index in [0.717, 1.165) is 32.4 Å². The second-order valence-electron chi connectivity index (χ2n) is 6.32. The van der Waals surface area contributed by atoms with Crippen LogP contribution < -0.4 is 0 Å². The number of fused-ring (bicyclic) bond motifs is 1. The van der Waals surface area contributed by atoms with E-state index in [-0.39, 0.29) is 6.09 Å². The molecular formula is C13H22ClNO2. The van der Waals surface area contributed by atoms with Gasteiger partial charge in [0, 0.05) is 18.5 Å². The molecule has 0 N–H and O–H groups in total. The molecule has 98 valence electrons. The van der Waals surface area contributed by atoms with Gasteiger partial charge in [0.1, 0.15) is 5.60 Å². The molecule has 3 nitrogen and oxygen atoms in total. The number of amides is 1. The molecule has 0 aromatic rings. The lowest BCUT2D eigenvalue weighted by Crippen LogP contribution is -2.35. The monoisotopic (exact) mass is 259 g/mol. The van der Waals surface area contributed by atoms with Crippen molar-refractivity contribution < 1.29 is 9.53 Å². The molecule has 1 saturated heterocycles. The van der Waals surface area contributed by atoms with Crippen LogP contribution in [-0.4, -0.2) is 35.1 Å². The summed E-state index contributed by atoms with van der Waals surface area (Å²) >= 11 is 6.18. The zero-order valence-corrected chi connectivity index (χ0v) is 11.7. The number of nitrogens with zero attached hydrogens (tertiary/aromatic N) is 1. The summed E-state index contributed by atoms with van der Waals surface area (Å²) in [6.45, 7) is 7.39. The number of rotatable bonds is 0. The van der Waals surface area contributed by atoms with Crippen molar-refractivity contribution in [3.8, 4) is 0 Å². The quantitative estimate of drug-likeness (QED) is 0.625. The van der Waals surface area contributed by atoms with Crippen LogP contribution in [-0.2, 0) is 4.74 Å². The molecule has 17 heavy (non-hydrogen) atoms. The minimum Gasteiger partial charge on any atom is -0.444 e. The Morgan fingerprint density at radius 3 is 2.53 bits per heavy atom. The molecule has 3 unspecified atom stereocenters. The second kappa shape index (κ2) is 4.68. The van der Waals surface area contributed by atoms with Crippen LogP contribution in [0.5, 0.6) is 0 Å². The van der Waals surface area contributed by atoms with E-state index in [2.05, 4.69) is 0 Å². The van der Waals surface area contributed by atoms with Gasteiger partial charge in [-0.15, -0.1) is 11.6 Å². The van der Waals surface area contributed by atoms with Crippen molar-refractivity contribution in [3.63, 3.8) is 0 Å². The van der Waals surface area contributed by atoms with Crippen molar-refractivity contribution in [2.24, 2.45) is 11.8 Å². The third-order valence-electron chi connectivity index (χ3n) is 3.64. The molecule has 0 aromatic carbocycles. The van der Waals surface area contributed by atoms with Crippen LogP contribution in [0.25, 0.3) is 0 Å². The SMILES string of the molecule is CC(C)(C)OC(=O)N1CC2CCC(Cl)CC2C1. The smallest absolute Gasteiger partial charge is 0.410 e.